The van der Waals surface area contributed by atoms with Crippen molar-refractivity contribution in [2.45, 2.75) is 24.2 Å². The van der Waals surface area contributed by atoms with E-state index in [-0.39, 0.29) is 22.4 Å². The van der Waals surface area contributed by atoms with Gasteiger partial charge in [-0.15, -0.1) is 0 Å². The van der Waals surface area contributed by atoms with Crippen LogP contribution in [-0.4, -0.2) is 46.0 Å². The minimum atomic E-state index is -3.99. The summed E-state index contributed by atoms with van der Waals surface area (Å²) < 4.78 is 33.4. The molecule has 0 aliphatic carbocycles. The van der Waals surface area contributed by atoms with E-state index in [1.165, 1.54) is 30.9 Å². The molecule has 1 aliphatic rings. The molecule has 0 bridgehead atoms. The maximum atomic E-state index is 13.6. The quantitative estimate of drug-likeness (QED) is 0.425. The maximum absolute atomic E-state index is 13.6. The van der Waals surface area contributed by atoms with E-state index in [4.69, 9.17) is 16.3 Å². The molecular weight excluding hydrogens is 484 g/mol. The van der Waals surface area contributed by atoms with Crippen LogP contribution in [0, 0.1) is 5.92 Å². The first-order valence-electron chi connectivity index (χ1n) is 11.6. The Balaban J connectivity index is 1.51. The molecule has 35 heavy (non-hydrogen) atoms. The zero-order valence-corrected chi connectivity index (χ0v) is 21.2. The van der Waals surface area contributed by atoms with Crippen molar-refractivity contribution in [2.75, 3.05) is 31.0 Å². The highest BCUT2D eigenvalue weighted by molar-refractivity contribution is 7.92. The minimum absolute atomic E-state index is 0.112. The van der Waals surface area contributed by atoms with Gasteiger partial charge in [-0.1, -0.05) is 60.1 Å². The number of hydrogen-bond donors (Lipinski definition) is 0. The molecule has 1 heterocycles. The second-order valence-electron chi connectivity index (χ2n) is 8.66. The van der Waals surface area contributed by atoms with Gasteiger partial charge < -0.3 is 9.64 Å². The molecule has 0 radical (unpaired) electrons. The van der Waals surface area contributed by atoms with Crippen molar-refractivity contribution in [1.29, 1.82) is 0 Å². The summed E-state index contributed by atoms with van der Waals surface area (Å²) in [6.07, 6.45) is 2.77. The molecule has 3 aromatic carbocycles. The third kappa shape index (κ3) is 5.97. The fourth-order valence-corrected chi connectivity index (χ4v) is 6.08. The van der Waals surface area contributed by atoms with Crippen molar-refractivity contribution in [2.24, 2.45) is 5.92 Å². The first kappa shape index (κ1) is 25.1. The van der Waals surface area contributed by atoms with Gasteiger partial charge in [-0.3, -0.25) is 9.10 Å². The van der Waals surface area contributed by atoms with Crippen LogP contribution in [0.4, 0.5) is 5.69 Å². The first-order chi connectivity index (χ1) is 16.9. The van der Waals surface area contributed by atoms with Gasteiger partial charge in [0.25, 0.3) is 10.0 Å². The van der Waals surface area contributed by atoms with Crippen LogP contribution in [0.3, 0.4) is 0 Å². The van der Waals surface area contributed by atoms with E-state index in [1.807, 2.05) is 18.2 Å². The lowest BCUT2D eigenvalue weighted by Crippen LogP contribution is -2.46. The van der Waals surface area contributed by atoms with Crippen LogP contribution in [0.2, 0.25) is 5.02 Å². The van der Waals surface area contributed by atoms with E-state index in [0.717, 1.165) is 23.6 Å². The summed E-state index contributed by atoms with van der Waals surface area (Å²) in [5.41, 5.74) is 1.61. The lowest BCUT2D eigenvalue weighted by atomic mass is 9.90. The van der Waals surface area contributed by atoms with Gasteiger partial charge in [0.15, 0.2) is 0 Å². The number of hydrogen-bond acceptors (Lipinski definition) is 4. The Labute approximate surface area is 212 Å². The molecular formula is C27H29ClN2O4S. The molecule has 0 spiro atoms. The number of methoxy groups -OCH3 is 1. The summed E-state index contributed by atoms with van der Waals surface area (Å²) in [4.78, 5) is 15.2. The molecule has 1 amide bonds. The maximum Gasteiger partial charge on any atom is 0.264 e. The third-order valence-corrected chi connectivity index (χ3v) is 8.45. The molecule has 6 nitrogen and oxygen atoms in total. The highest BCUT2D eigenvalue weighted by Gasteiger charge is 2.31. The lowest BCUT2D eigenvalue weighted by Gasteiger charge is -2.34. The predicted octanol–water partition coefficient (Wildman–Crippen LogP) is 5.03. The molecule has 184 valence electrons. The smallest absolute Gasteiger partial charge is 0.264 e. The number of ether oxygens (including phenoxy) is 1. The predicted molar refractivity (Wildman–Crippen MR) is 138 cm³/mol. The number of rotatable bonds is 8. The topological polar surface area (TPSA) is 66.9 Å². The van der Waals surface area contributed by atoms with Gasteiger partial charge in [-0.05, 0) is 61.1 Å². The van der Waals surface area contributed by atoms with Crippen molar-refractivity contribution < 1.29 is 17.9 Å². The molecule has 0 saturated carbocycles. The van der Waals surface area contributed by atoms with Crippen molar-refractivity contribution in [3.05, 3.63) is 89.4 Å². The summed E-state index contributed by atoms with van der Waals surface area (Å²) in [6, 6.07) is 23.2. The number of sulfonamides is 1. The SMILES string of the molecule is COc1ccc(N(CC(=O)N2CCC(Cc3ccccc3)CC2)S(=O)(=O)c2ccccc2)cc1Cl. The number of piperidine rings is 1. The van der Waals surface area contributed by atoms with Crippen molar-refractivity contribution in [3.8, 4) is 5.75 Å². The number of likely N-dealkylation sites (tertiary alicyclic amines) is 1. The van der Waals surface area contributed by atoms with Crippen LogP contribution >= 0.6 is 11.6 Å². The van der Waals surface area contributed by atoms with Crippen LogP contribution in [-0.2, 0) is 21.2 Å². The van der Waals surface area contributed by atoms with Gasteiger partial charge >= 0.3 is 0 Å². The first-order valence-corrected chi connectivity index (χ1v) is 13.4. The normalized spacial score (nSPS) is 14.5. The van der Waals surface area contributed by atoms with Gasteiger partial charge in [-0.2, -0.15) is 0 Å². The Hall–Kier alpha value is -3.03. The number of benzene rings is 3. The summed E-state index contributed by atoms with van der Waals surface area (Å²) >= 11 is 6.30. The number of anilines is 1. The second kappa shape index (κ2) is 11.1. The van der Waals surface area contributed by atoms with E-state index >= 15 is 0 Å². The number of amides is 1. The highest BCUT2D eigenvalue weighted by Crippen LogP contribution is 2.32. The van der Waals surface area contributed by atoms with Crippen molar-refractivity contribution >= 4 is 33.2 Å². The third-order valence-electron chi connectivity index (χ3n) is 6.37. The Bertz CT molecular complexity index is 1240. The van der Waals surface area contributed by atoms with Crippen molar-refractivity contribution in [1.82, 2.24) is 4.90 Å². The average molecular weight is 513 g/mol. The summed E-state index contributed by atoms with van der Waals surface area (Å²) in [6.45, 7) is 0.918. The van der Waals surface area contributed by atoms with Crippen LogP contribution in [0.25, 0.3) is 0 Å². The molecule has 3 aromatic rings. The number of carbonyl (C=O) groups excluding carboxylic acids is 1. The number of halogens is 1. The molecule has 1 fully saturated rings. The summed E-state index contributed by atoms with van der Waals surface area (Å²) in [5, 5.41) is 0.271. The largest absolute Gasteiger partial charge is 0.495 e. The summed E-state index contributed by atoms with van der Waals surface area (Å²) in [7, 11) is -2.50. The Morgan fingerprint density at radius 3 is 2.23 bits per heavy atom. The molecule has 1 aliphatic heterocycles. The summed E-state index contributed by atoms with van der Waals surface area (Å²) in [5.74, 6) is 0.708. The monoisotopic (exact) mass is 512 g/mol. The Morgan fingerprint density at radius 1 is 1.00 bits per heavy atom. The fraction of sp³-hybridized carbons (Fsp3) is 0.296. The van der Waals surface area contributed by atoms with Gasteiger partial charge in [0.1, 0.15) is 12.3 Å². The van der Waals surface area contributed by atoms with Gasteiger partial charge in [0.05, 0.1) is 22.7 Å². The zero-order valence-electron chi connectivity index (χ0n) is 19.6. The van der Waals surface area contributed by atoms with Gasteiger partial charge in [-0.25, -0.2) is 8.42 Å². The zero-order chi connectivity index (χ0) is 24.8. The Morgan fingerprint density at radius 2 is 1.63 bits per heavy atom. The molecule has 8 heteroatoms. The van der Waals surface area contributed by atoms with E-state index in [2.05, 4.69) is 12.1 Å². The Kier molecular flexibility index (Phi) is 7.98. The minimum Gasteiger partial charge on any atom is -0.495 e. The molecule has 0 unspecified atom stereocenters. The van der Waals surface area contributed by atoms with E-state index in [0.29, 0.717) is 30.4 Å². The van der Waals surface area contributed by atoms with Crippen LogP contribution in [0.5, 0.6) is 5.75 Å². The number of nitrogens with zero attached hydrogens (tertiary/aromatic N) is 2. The lowest BCUT2D eigenvalue weighted by molar-refractivity contribution is -0.130. The van der Waals surface area contributed by atoms with Crippen LogP contribution in [0.15, 0.2) is 83.8 Å². The van der Waals surface area contributed by atoms with Crippen molar-refractivity contribution in [3.63, 3.8) is 0 Å². The number of carbonyl (C=O) groups is 1. The van der Waals surface area contributed by atoms with Crippen LogP contribution in [0.1, 0.15) is 18.4 Å². The standard InChI is InChI=1S/C27H29ClN2O4S/c1-34-26-13-12-23(19-25(26)28)30(35(32,33)24-10-6-3-7-11-24)20-27(31)29-16-14-22(15-17-29)18-21-8-4-2-5-9-21/h2-13,19,22H,14-18,20H2,1H3. The van der Waals surface area contributed by atoms with Gasteiger partial charge in [0, 0.05) is 13.1 Å². The van der Waals surface area contributed by atoms with E-state index in [1.54, 1.807) is 35.2 Å². The second-order valence-corrected chi connectivity index (χ2v) is 10.9. The molecule has 4 rings (SSSR count). The fourth-order valence-electron chi connectivity index (χ4n) is 4.40. The van der Waals surface area contributed by atoms with Gasteiger partial charge in [0.2, 0.25) is 5.91 Å². The molecule has 0 atom stereocenters. The molecule has 0 aromatic heterocycles. The van der Waals surface area contributed by atoms with E-state index < -0.39 is 10.0 Å². The highest BCUT2D eigenvalue weighted by atomic mass is 35.5. The average Bonchev–Trinajstić information content (AvgIpc) is 2.88. The molecule has 0 N–H and O–H groups in total. The van der Waals surface area contributed by atoms with E-state index in [9.17, 15) is 13.2 Å². The molecule has 1 saturated heterocycles. The van der Waals surface area contributed by atoms with Crippen LogP contribution < -0.4 is 9.04 Å².